The van der Waals surface area contributed by atoms with Crippen LogP contribution in [0.2, 0.25) is 5.02 Å². The molecule has 0 atom stereocenters. The van der Waals surface area contributed by atoms with Gasteiger partial charge in [0, 0.05) is 5.56 Å². The molecule has 0 fully saturated rings. The second-order valence-corrected chi connectivity index (χ2v) is 4.70. The lowest BCUT2D eigenvalue weighted by molar-refractivity contribution is 0.628. The molecule has 0 bridgehead atoms. The molecule has 0 unspecified atom stereocenters. The lowest BCUT2D eigenvalue weighted by atomic mass is 10.1. The van der Waals surface area contributed by atoms with Crippen LogP contribution in [0, 0.1) is 17.7 Å². The van der Waals surface area contributed by atoms with Crippen LogP contribution in [-0.2, 0) is 0 Å². The van der Waals surface area contributed by atoms with Crippen LogP contribution in [0.25, 0.3) is 0 Å². The van der Waals surface area contributed by atoms with Crippen molar-refractivity contribution in [2.24, 2.45) is 0 Å². The SMILES string of the molecule is CC(C)(Cl)C#Cc1ccc(Cl)c(F)c1. The van der Waals surface area contributed by atoms with Gasteiger partial charge in [0.2, 0.25) is 0 Å². The Kier molecular flexibility index (Phi) is 3.42. The van der Waals surface area contributed by atoms with Gasteiger partial charge in [0.1, 0.15) is 5.82 Å². The van der Waals surface area contributed by atoms with E-state index in [0.29, 0.717) is 5.56 Å². The van der Waals surface area contributed by atoms with Crippen LogP contribution >= 0.6 is 23.2 Å². The van der Waals surface area contributed by atoms with E-state index >= 15 is 0 Å². The van der Waals surface area contributed by atoms with Crippen molar-refractivity contribution in [2.75, 3.05) is 0 Å². The van der Waals surface area contributed by atoms with Gasteiger partial charge in [-0.3, -0.25) is 0 Å². The third kappa shape index (κ3) is 3.57. The van der Waals surface area contributed by atoms with Crippen molar-refractivity contribution in [3.8, 4) is 11.8 Å². The predicted octanol–water partition coefficient (Wildman–Crippen LogP) is 3.85. The highest BCUT2D eigenvalue weighted by Crippen LogP contribution is 2.15. The minimum absolute atomic E-state index is 0.0979. The van der Waals surface area contributed by atoms with E-state index in [0.717, 1.165) is 0 Å². The van der Waals surface area contributed by atoms with Crippen molar-refractivity contribution in [1.29, 1.82) is 0 Å². The zero-order chi connectivity index (χ0) is 10.8. The Labute approximate surface area is 93.0 Å². The Bertz CT molecular complexity index is 394. The van der Waals surface area contributed by atoms with Gasteiger partial charge in [-0.1, -0.05) is 23.4 Å². The second kappa shape index (κ2) is 4.21. The van der Waals surface area contributed by atoms with Gasteiger partial charge in [-0.05, 0) is 32.0 Å². The summed E-state index contributed by atoms with van der Waals surface area (Å²) in [5.41, 5.74) is 0.570. The van der Waals surface area contributed by atoms with E-state index in [1.54, 1.807) is 19.9 Å². The van der Waals surface area contributed by atoms with Gasteiger partial charge < -0.3 is 0 Å². The molecule has 0 aliphatic rings. The van der Waals surface area contributed by atoms with Crippen LogP contribution in [0.4, 0.5) is 4.39 Å². The van der Waals surface area contributed by atoms with E-state index in [-0.39, 0.29) is 5.02 Å². The summed E-state index contributed by atoms with van der Waals surface area (Å²) in [6, 6.07) is 4.42. The molecular weight excluding hydrogens is 222 g/mol. The average Bonchev–Trinajstić information content (AvgIpc) is 2.06. The van der Waals surface area contributed by atoms with Crippen LogP contribution < -0.4 is 0 Å². The smallest absolute Gasteiger partial charge is 0.143 e. The first kappa shape index (κ1) is 11.4. The molecule has 0 heterocycles. The molecule has 0 aromatic heterocycles. The molecule has 0 nitrogen and oxygen atoms in total. The molecule has 1 rings (SSSR count). The summed E-state index contributed by atoms with van der Waals surface area (Å²) in [6.45, 7) is 3.54. The monoisotopic (exact) mass is 230 g/mol. The van der Waals surface area contributed by atoms with Crippen LogP contribution in [0.5, 0.6) is 0 Å². The number of alkyl halides is 1. The summed E-state index contributed by atoms with van der Waals surface area (Å²) in [4.78, 5) is -0.601. The molecule has 14 heavy (non-hydrogen) atoms. The molecule has 1 aromatic rings. The summed E-state index contributed by atoms with van der Waals surface area (Å²) in [7, 11) is 0. The molecule has 0 saturated carbocycles. The van der Waals surface area contributed by atoms with Crippen molar-refractivity contribution < 1.29 is 4.39 Å². The van der Waals surface area contributed by atoms with E-state index in [4.69, 9.17) is 23.2 Å². The second-order valence-electron chi connectivity index (χ2n) is 3.35. The molecule has 0 saturated heterocycles. The minimum atomic E-state index is -0.601. The lowest BCUT2D eigenvalue weighted by Crippen LogP contribution is -2.04. The van der Waals surface area contributed by atoms with Gasteiger partial charge in [-0.25, -0.2) is 4.39 Å². The predicted molar refractivity (Wildman–Crippen MR) is 58.2 cm³/mol. The van der Waals surface area contributed by atoms with E-state index in [1.807, 2.05) is 0 Å². The Balaban J connectivity index is 2.98. The highest BCUT2D eigenvalue weighted by molar-refractivity contribution is 6.30. The van der Waals surface area contributed by atoms with E-state index in [9.17, 15) is 4.39 Å². The normalized spacial score (nSPS) is 10.6. The van der Waals surface area contributed by atoms with Gasteiger partial charge in [0.25, 0.3) is 0 Å². The van der Waals surface area contributed by atoms with E-state index < -0.39 is 10.7 Å². The Hall–Kier alpha value is -0.710. The standard InChI is InChI=1S/C11H9Cl2F/c1-11(2,13)6-5-8-3-4-9(12)10(14)7-8/h3-4,7H,1-2H3. The number of hydrogen-bond donors (Lipinski definition) is 0. The number of rotatable bonds is 0. The number of hydrogen-bond acceptors (Lipinski definition) is 0. The van der Waals surface area contributed by atoms with Gasteiger partial charge >= 0.3 is 0 Å². The van der Waals surface area contributed by atoms with Gasteiger partial charge in [0.05, 0.1) is 9.90 Å². The van der Waals surface area contributed by atoms with Crippen molar-refractivity contribution in [1.82, 2.24) is 0 Å². The maximum absolute atomic E-state index is 13.0. The fraction of sp³-hybridized carbons (Fsp3) is 0.273. The number of benzene rings is 1. The molecule has 74 valence electrons. The topological polar surface area (TPSA) is 0 Å². The Morgan fingerprint density at radius 1 is 1.36 bits per heavy atom. The summed E-state index contributed by atoms with van der Waals surface area (Å²) < 4.78 is 13.0. The lowest BCUT2D eigenvalue weighted by Gasteiger charge is -2.03. The third-order valence-corrected chi connectivity index (χ3v) is 1.82. The molecule has 0 N–H and O–H groups in total. The minimum Gasteiger partial charge on any atom is -0.205 e. The average molecular weight is 231 g/mol. The molecular formula is C11H9Cl2F. The van der Waals surface area contributed by atoms with Crippen LogP contribution in [0.3, 0.4) is 0 Å². The first-order chi connectivity index (χ1) is 6.38. The molecule has 0 spiro atoms. The molecule has 3 heteroatoms. The maximum atomic E-state index is 13.0. The fourth-order valence-corrected chi connectivity index (χ4v) is 0.959. The zero-order valence-corrected chi connectivity index (χ0v) is 9.38. The van der Waals surface area contributed by atoms with Gasteiger partial charge in [-0.15, -0.1) is 11.6 Å². The summed E-state index contributed by atoms with van der Waals surface area (Å²) in [5, 5.41) is 0.0979. The molecule has 1 aromatic carbocycles. The third-order valence-electron chi connectivity index (χ3n) is 1.42. The van der Waals surface area contributed by atoms with Crippen molar-refractivity contribution in [2.45, 2.75) is 18.7 Å². The van der Waals surface area contributed by atoms with E-state index in [2.05, 4.69) is 11.8 Å². The van der Waals surface area contributed by atoms with E-state index in [1.165, 1.54) is 12.1 Å². The van der Waals surface area contributed by atoms with Crippen LogP contribution in [0.1, 0.15) is 19.4 Å². The first-order valence-electron chi connectivity index (χ1n) is 4.05. The first-order valence-corrected chi connectivity index (χ1v) is 4.81. The largest absolute Gasteiger partial charge is 0.205 e. The number of halogens is 3. The summed E-state index contributed by atoms with van der Waals surface area (Å²) in [6.07, 6.45) is 0. The van der Waals surface area contributed by atoms with Gasteiger partial charge in [0.15, 0.2) is 0 Å². The molecule has 0 aliphatic heterocycles. The molecule has 0 aliphatic carbocycles. The van der Waals surface area contributed by atoms with Crippen LogP contribution in [0.15, 0.2) is 18.2 Å². The summed E-state index contributed by atoms with van der Waals surface area (Å²) >= 11 is 11.4. The van der Waals surface area contributed by atoms with Gasteiger partial charge in [-0.2, -0.15) is 0 Å². The van der Waals surface area contributed by atoms with Crippen LogP contribution in [-0.4, -0.2) is 4.87 Å². The summed E-state index contributed by atoms with van der Waals surface area (Å²) in [5.74, 6) is 5.10. The van der Waals surface area contributed by atoms with Crippen molar-refractivity contribution in [3.05, 3.63) is 34.6 Å². The van der Waals surface area contributed by atoms with Crippen molar-refractivity contribution >= 4 is 23.2 Å². The highest BCUT2D eigenvalue weighted by atomic mass is 35.5. The molecule has 0 amide bonds. The quantitative estimate of drug-likeness (QED) is 0.470. The fourth-order valence-electron chi connectivity index (χ4n) is 0.795. The van der Waals surface area contributed by atoms with Crippen molar-refractivity contribution in [3.63, 3.8) is 0 Å². The Morgan fingerprint density at radius 2 is 2.00 bits per heavy atom. The zero-order valence-electron chi connectivity index (χ0n) is 7.87. The molecule has 0 radical (unpaired) electrons. The highest BCUT2D eigenvalue weighted by Gasteiger charge is 2.07. The Morgan fingerprint density at radius 3 is 2.50 bits per heavy atom. The maximum Gasteiger partial charge on any atom is 0.143 e.